The van der Waals surface area contributed by atoms with Gasteiger partial charge in [-0.3, -0.25) is 9.00 Å². The highest BCUT2D eigenvalue weighted by Crippen LogP contribution is 2.39. The maximum Gasteiger partial charge on any atom is 0.168 e. The van der Waals surface area contributed by atoms with Gasteiger partial charge in [-0.05, 0) is 37.8 Å². The van der Waals surface area contributed by atoms with Gasteiger partial charge in [0.25, 0.3) is 0 Å². The minimum atomic E-state index is -0.752. The number of Topliss-reactive ketones (excluding diaryl/α,β-unsaturated/α-hetero) is 1. The van der Waals surface area contributed by atoms with Gasteiger partial charge in [0.1, 0.15) is 6.07 Å². The molecule has 2 aliphatic rings. The van der Waals surface area contributed by atoms with Gasteiger partial charge in [-0.15, -0.1) is 0 Å². The molecule has 0 amide bonds. The van der Waals surface area contributed by atoms with Crippen LogP contribution in [0.25, 0.3) is 0 Å². The predicted octanol–water partition coefficient (Wildman–Crippen LogP) is 1.83. The van der Waals surface area contributed by atoms with Crippen molar-refractivity contribution in [3.63, 3.8) is 0 Å². The normalized spacial score (nSPS) is 32.8. The molecule has 2 unspecified atom stereocenters. The van der Waals surface area contributed by atoms with Gasteiger partial charge in [0.2, 0.25) is 0 Å². The quantitative estimate of drug-likeness (QED) is 0.771. The van der Waals surface area contributed by atoms with Gasteiger partial charge < -0.3 is 0 Å². The van der Waals surface area contributed by atoms with Crippen LogP contribution < -0.4 is 0 Å². The summed E-state index contributed by atoms with van der Waals surface area (Å²) in [4.78, 5) is 16.5. The number of carbonyl (C=O) groups excluding carboxylic acids is 1. The second kappa shape index (κ2) is 4.86. The Balaban J connectivity index is 1.86. The van der Waals surface area contributed by atoms with Gasteiger partial charge in [0.05, 0.1) is 5.56 Å². The van der Waals surface area contributed by atoms with Gasteiger partial charge in [0.15, 0.2) is 11.5 Å². The van der Waals surface area contributed by atoms with Crippen LogP contribution in [-0.4, -0.2) is 25.5 Å². The summed E-state index contributed by atoms with van der Waals surface area (Å²) in [6, 6.07) is 5.32. The third-order valence-electron chi connectivity index (χ3n) is 4.11. The molecule has 0 aliphatic carbocycles. The molecular formula is C14H14N2O2S. The van der Waals surface area contributed by atoms with Crippen LogP contribution in [0.15, 0.2) is 18.3 Å². The van der Waals surface area contributed by atoms with Crippen molar-refractivity contribution in [1.82, 2.24) is 4.98 Å². The van der Waals surface area contributed by atoms with E-state index in [0.29, 0.717) is 18.4 Å². The number of hydrogen-bond acceptors (Lipinski definition) is 4. The van der Waals surface area contributed by atoms with E-state index in [0.717, 1.165) is 12.8 Å². The fraction of sp³-hybridized carbons (Fsp3) is 0.500. The van der Waals surface area contributed by atoms with Crippen molar-refractivity contribution in [3.05, 3.63) is 29.6 Å². The third-order valence-corrected chi connectivity index (χ3v) is 6.28. The highest BCUT2D eigenvalue weighted by Gasteiger charge is 2.43. The molecule has 3 heterocycles. The van der Waals surface area contributed by atoms with Crippen molar-refractivity contribution < 1.29 is 9.00 Å². The largest absolute Gasteiger partial charge is 0.294 e. The van der Waals surface area contributed by atoms with E-state index in [1.54, 1.807) is 12.1 Å². The van der Waals surface area contributed by atoms with Gasteiger partial charge >= 0.3 is 0 Å². The summed E-state index contributed by atoms with van der Waals surface area (Å²) < 4.78 is 12.0. The smallest absolute Gasteiger partial charge is 0.168 e. The van der Waals surface area contributed by atoms with Crippen LogP contribution in [0.2, 0.25) is 0 Å². The zero-order chi connectivity index (χ0) is 13.4. The summed E-state index contributed by atoms with van der Waals surface area (Å²) in [5, 5.41) is 9.36. The molecule has 2 aliphatic heterocycles. The van der Waals surface area contributed by atoms with Gasteiger partial charge in [0, 0.05) is 33.4 Å². The molecule has 2 saturated heterocycles. The van der Waals surface area contributed by atoms with E-state index in [4.69, 9.17) is 5.26 Å². The maximum absolute atomic E-state index is 12.5. The second-order valence-electron chi connectivity index (χ2n) is 5.19. The Morgan fingerprint density at radius 2 is 2.05 bits per heavy atom. The molecule has 0 N–H and O–H groups in total. The zero-order valence-corrected chi connectivity index (χ0v) is 11.2. The molecule has 2 fully saturated rings. The van der Waals surface area contributed by atoms with E-state index in [1.165, 1.54) is 6.20 Å². The lowest BCUT2D eigenvalue weighted by Crippen LogP contribution is -2.32. The van der Waals surface area contributed by atoms with Crippen LogP contribution in [0.3, 0.4) is 0 Å². The summed E-state index contributed by atoms with van der Waals surface area (Å²) in [6.45, 7) is 0. The highest BCUT2D eigenvalue weighted by molar-refractivity contribution is 7.86. The SMILES string of the molecule is N#Cc1ncccc1C(=O)C1CC2CCC(C1)S2=O. The number of rotatable bonds is 2. The van der Waals surface area contributed by atoms with Gasteiger partial charge in [-0.2, -0.15) is 5.26 Å². The molecule has 0 aromatic carbocycles. The number of nitrogens with zero attached hydrogens (tertiary/aromatic N) is 2. The van der Waals surface area contributed by atoms with E-state index in [2.05, 4.69) is 4.98 Å². The van der Waals surface area contributed by atoms with Crippen LogP contribution in [0.4, 0.5) is 0 Å². The molecule has 0 radical (unpaired) electrons. The molecule has 98 valence electrons. The lowest BCUT2D eigenvalue weighted by Gasteiger charge is -2.26. The van der Waals surface area contributed by atoms with Crippen molar-refractivity contribution in [1.29, 1.82) is 5.26 Å². The van der Waals surface area contributed by atoms with Crippen molar-refractivity contribution in [3.8, 4) is 6.07 Å². The van der Waals surface area contributed by atoms with Crippen molar-refractivity contribution in [2.45, 2.75) is 36.2 Å². The number of pyridine rings is 1. The monoisotopic (exact) mass is 274 g/mol. The van der Waals surface area contributed by atoms with E-state index >= 15 is 0 Å². The summed E-state index contributed by atoms with van der Waals surface area (Å²) in [5.74, 6) is -0.0928. The highest BCUT2D eigenvalue weighted by atomic mass is 32.2. The van der Waals surface area contributed by atoms with Crippen LogP contribution in [-0.2, 0) is 10.8 Å². The number of carbonyl (C=O) groups is 1. The average Bonchev–Trinajstić information content (AvgIpc) is 2.68. The van der Waals surface area contributed by atoms with Gasteiger partial charge in [-0.25, -0.2) is 4.98 Å². The Labute approximate surface area is 114 Å². The lowest BCUT2D eigenvalue weighted by molar-refractivity contribution is 0.0905. The number of aromatic nitrogens is 1. The standard InChI is InChI=1S/C14H14N2O2S/c15-8-13-12(2-1-5-16-13)14(17)9-6-10-3-4-11(7-9)19(10)18/h1-2,5,9-11H,3-4,6-7H2. The Hall–Kier alpha value is -1.54. The molecular weight excluding hydrogens is 260 g/mol. The molecule has 0 saturated carbocycles. The second-order valence-corrected chi connectivity index (χ2v) is 7.18. The Morgan fingerprint density at radius 1 is 1.37 bits per heavy atom. The molecule has 0 spiro atoms. The molecule has 1 aromatic heterocycles. The molecule has 2 atom stereocenters. The van der Waals surface area contributed by atoms with Crippen LogP contribution in [0.5, 0.6) is 0 Å². The summed E-state index contributed by atoms with van der Waals surface area (Å²) in [6.07, 6.45) is 4.86. The predicted molar refractivity (Wildman–Crippen MR) is 71.0 cm³/mol. The first-order valence-electron chi connectivity index (χ1n) is 6.49. The summed E-state index contributed by atoms with van der Waals surface area (Å²) in [5.41, 5.74) is 0.619. The number of ketones is 1. The Morgan fingerprint density at radius 3 is 2.68 bits per heavy atom. The van der Waals surface area contributed by atoms with E-state index in [1.807, 2.05) is 6.07 Å². The van der Waals surface area contributed by atoms with E-state index < -0.39 is 10.8 Å². The molecule has 4 nitrogen and oxygen atoms in total. The lowest BCUT2D eigenvalue weighted by atomic mass is 9.90. The summed E-state index contributed by atoms with van der Waals surface area (Å²) in [7, 11) is -0.752. The molecule has 5 heteroatoms. The fourth-order valence-electron chi connectivity index (χ4n) is 3.16. The van der Waals surface area contributed by atoms with Crippen molar-refractivity contribution in [2.75, 3.05) is 0 Å². The first kappa shape index (κ1) is 12.5. The van der Waals surface area contributed by atoms with Crippen molar-refractivity contribution >= 4 is 16.6 Å². The first-order valence-corrected chi connectivity index (χ1v) is 7.77. The van der Waals surface area contributed by atoms with E-state index in [9.17, 15) is 9.00 Å². The topological polar surface area (TPSA) is 70.8 Å². The Bertz CT molecular complexity index is 577. The van der Waals surface area contributed by atoms with E-state index in [-0.39, 0.29) is 27.9 Å². The Kier molecular flexibility index (Phi) is 3.19. The first-order chi connectivity index (χ1) is 9.20. The third kappa shape index (κ3) is 2.10. The minimum Gasteiger partial charge on any atom is -0.294 e. The number of nitriles is 1. The molecule has 3 rings (SSSR count). The molecule has 19 heavy (non-hydrogen) atoms. The number of fused-ring (bicyclic) bond motifs is 2. The summed E-state index contributed by atoms with van der Waals surface area (Å²) >= 11 is 0. The van der Waals surface area contributed by atoms with Gasteiger partial charge in [-0.1, -0.05) is 0 Å². The van der Waals surface area contributed by atoms with Crippen LogP contribution in [0, 0.1) is 17.2 Å². The minimum absolute atomic E-state index is 0.00162. The fourth-order valence-corrected chi connectivity index (χ4v) is 5.28. The van der Waals surface area contributed by atoms with Crippen LogP contribution >= 0.6 is 0 Å². The average molecular weight is 274 g/mol. The van der Waals surface area contributed by atoms with Crippen LogP contribution in [0.1, 0.15) is 41.7 Å². The number of hydrogen-bond donors (Lipinski definition) is 0. The molecule has 1 aromatic rings. The maximum atomic E-state index is 12.5. The molecule has 2 bridgehead atoms. The van der Waals surface area contributed by atoms with Crippen molar-refractivity contribution in [2.24, 2.45) is 5.92 Å². The zero-order valence-electron chi connectivity index (χ0n) is 10.4.